The molecule has 1 aromatic carbocycles. The van der Waals surface area contributed by atoms with Crippen LogP contribution in [0.4, 0.5) is 0 Å². The maximum absolute atomic E-state index is 6.14. The van der Waals surface area contributed by atoms with Crippen molar-refractivity contribution in [2.75, 3.05) is 0 Å². The number of hydrogen-bond donors (Lipinski definition) is 1. The van der Waals surface area contributed by atoms with E-state index in [-0.39, 0.29) is 6.04 Å². The molecule has 0 aliphatic heterocycles. The fourth-order valence-electron chi connectivity index (χ4n) is 1.55. The first kappa shape index (κ1) is 12.8. The van der Waals surface area contributed by atoms with Gasteiger partial charge in [-0.15, -0.1) is 11.3 Å². The van der Waals surface area contributed by atoms with Crippen LogP contribution in [0.3, 0.4) is 0 Å². The van der Waals surface area contributed by atoms with Crippen LogP contribution in [0, 0.1) is 0 Å². The second-order valence-electron chi connectivity index (χ2n) is 3.92. The van der Waals surface area contributed by atoms with Gasteiger partial charge in [-0.3, -0.25) is 0 Å². The number of nitrogens with zero attached hydrogens (tertiary/aromatic N) is 1. The highest BCUT2D eigenvalue weighted by molar-refractivity contribution is 7.13. The van der Waals surface area contributed by atoms with E-state index < -0.39 is 0 Å². The molecule has 0 fully saturated rings. The predicted octanol–water partition coefficient (Wildman–Crippen LogP) is 4.01. The third-order valence-corrected chi connectivity index (χ3v) is 3.80. The van der Waals surface area contributed by atoms with Gasteiger partial charge in [-0.2, -0.15) is 0 Å². The van der Waals surface area contributed by atoms with E-state index in [1.807, 2.05) is 30.5 Å². The van der Waals surface area contributed by atoms with Crippen LogP contribution >= 0.6 is 34.5 Å². The summed E-state index contributed by atoms with van der Waals surface area (Å²) in [6.45, 7) is 1.96. The monoisotopic (exact) mass is 286 g/mol. The van der Waals surface area contributed by atoms with Crippen LogP contribution in [0.15, 0.2) is 23.6 Å². The average molecular weight is 287 g/mol. The lowest BCUT2D eigenvalue weighted by atomic mass is 10.2. The summed E-state index contributed by atoms with van der Waals surface area (Å²) >= 11 is 13.8. The molecule has 2 aromatic rings. The van der Waals surface area contributed by atoms with Crippen molar-refractivity contribution in [3.8, 4) is 10.6 Å². The molecule has 0 aliphatic rings. The van der Waals surface area contributed by atoms with Gasteiger partial charge in [0.1, 0.15) is 5.01 Å². The first-order valence-electron chi connectivity index (χ1n) is 5.22. The van der Waals surface area contributed by atoms with E-state index >= 15 is 0 Å². The number of halogens is 2. The molecule has 2 rings (SSSR count). The highest BCUT2D eigenvalue weighted by Gasteiger charge is 2.12. The average Bonchev–Trinajstić information content (AvgIpc) is 2.65. The largest absolute Gasteiger partial charge is 0.328 e. The summed E-state index contributed by atoms with van der Waals surface area (Å²) in [5.41, 5.74) is 7.53. The van der Waals surface area contributed by atoms with Gasteiger partial charge in [0.05, 0.1) is 15.7 Å². The molecule has 0 spiro atoms. The standard InChI is InChI=1S/C12H12Cl2N2S/c1-7(15)5-8-6-17-12(16-8)11-9(13)3-2-4-10(11)14/h2-4,6-7H,5,15H2,1H3. The van der Waals surface area contributed by atoms with Crippen molar-refractivity contribution >= 4 is 34.5 Å². The minimum atomic E-state index is 0.103. The Morgan fingerprint density at radius 3 is 2.59 bits per heavy atom. The molecule has 1 unspecified atom stereocenters. The van der Waals surface area contributed by atoms with Crippen molar-refractivity contribution < 1.29 is 0 Å². The first-order chi connectivity index (χ1) is 8.08. The zero-order valence-corrected chi connectivity index (χ0v) is 11.6. The number of rotatable bonds is 3. The molecule has 0 amide bonds. The summed E-state index contributed by atoms with van der Waals surface area (Å²) in [5, 5.41) is 4.09. The van der Waals surface area contributed by atoms with Crippen molar-refractivity contribution in [3.05, 3.63) is 39.3 Å². The highest BCUT2D eigenvalue weighted by atomic mass is 35.5. The Hall–Kier alpha value is -0.610. The number of aromatic nitrogens is 1. The highest BCUT2D eigenvalue weighted by Crippen LogP contribution is 2.36. The summed E-state index contributed by atoms with van der Waals surface area (Å²) in [7, 11) is 0. The van der Waals surface area contributed by atoms with Crippen LogP contribution < -0.4 is 5.73 Å². The number of benzene rings is 1. The molecule has 17 heavy (non-hydrogen) atoms. The first-order valence-corrected chi connectivity index (χ1v) is 6.86. The Balaban J connectivity index is 2.37. The number of thiazole rings is 1. The smallest absolute Gasteiger partial charge is 0.126 e. The van der Waals surface area contributed by atoms with Crippen LogP contribution in [0.25, 0.3) is 10.6 Å². The molecule has 1 atom stereocenters. The van der Waals surface area contributed by atoms with Gasteiger partial charge in [0.2, 0.25) is 0 Å². The maximum atomic E-state index is 6.14. The molecule has 0 bridgehead atoms. The Morgan fingerprint density at radius 1 is 1.35 bits per heavy atom. The summed E-state index contributed by atoms with van der Waals surface area (Å²) < 4.78 is 0. The summed E-state index contributed by atoms with van der Waals surface area (Å²) in [5.74, 6) is 0. The van der Waals surface area contributed by atoms with Crippen LogP contribution in [0.1, 0.15) is 12.6 Å². The Kier molecular flexibility index (Phi) is 4.05. The Morgan fingerprint density at radius 2 is 2.00 bits per heavy atom. The second kappa shape index (κ2) is 5.36. The van der Waals surface area contributed by atoms with Gasteiger partial charge in [0, 0.05) is 23.4 Å². The van der Waals surface area contributed by atoms with Gasteiger partial charge in [-0.05, 0) is 19.1 Å². The van der Waals surface area contributed by atoms with Crippen molar-refractivity contribution in [3.63, 3.8) is 0 Å². The molecular weight excluding hydrogens is 275 g/mol. The predicted molar refractivity (Wildman–Crippen MR) is 74.9 cm³/mol. The zero-order valence-electron chi connectivity index (χ0n) is 9.28. The zero-order chi connectivity index (χ0) is 12.4. The molecule has 2 N–H and O–H groups in total. The normalized spacial score (nSPS) is 12.7. The Labute approximate surface area is 114 Å². The SMILES string of the molecule is CC(N)Cc1csc(-c2c(Cl)cccc2Cl)n1. The van der Waals surface area contributed by atoms with Crippen molar-refractivity contribution in [1.29, 1.82) is 0 Å². The molecule has 2 nitrogen and oxygen atoms in total. The van der Waals surface area contributed by atoms with Gasteiger partial charge in [0.25, 0.3) is 0 Å². The minimum Gasteiger partial charge on any atom is -0.328 e. The molecule has 0 radical (unpaired) electrons. The summed E-state index contributed by atoms with van der Waals surface area (Å²) in [6, 6.07) is 5.56. The maximum Gasteiger partial charge on any atom is 0.126 e. The fraction of sp³-hybridized carbons (Fsp3) is 0.250. The third-order valence-electron chi connectivity index (χ3n) is 2.26. The van der Waals surface area contributed by atoms with E-state index in [2.05, 4.69) is 4.98 Å². The summed E-state index contributed by atoms with van der Waals surface area (Å²) in [6.07, 6.45) is 0.762. The van der Waals surface area contributed by atoms with Crippen LogP contribution in [-0.2, 0) is 6.42 Å². The lowest BCUT2D eigenvalue weighted by Crippen LogP contribution is -2.17. The number of hydrogen-bond acceptors (Lipinski definition) is 3. The van der Waals surface area contributed by atoms with E-state index in [4.69, 9.17) is 28.9 Å². The molecule has 0 saturated carbocycles. The van der Waals surface area contributed by atoms with E-state index in [0.29, 0.717) is 10.0 Å². The lowest BCUT2D eigenvalue weighted by molar-refractivity contribution is 0.726. The molecule has 0 aliphatic carbocycles. The fourth-order valence-corrected chi connectivity index (χ4v) is 3.14. The lowest BCUT2D eigenvalue weighted by Gasteiger charge is -2.03. The van der Waals surface area contributed by atoms with E-state index in [0.717, 1.165) is 22.7 Å². The number of nitrogens with two attached hydrogens (primary N) is 1. The van der Waals surface area contributed by atoms with E-state index in [1.54, 1.807) is 0 Å². The molecule has 5 heteroatoms. The third kappa shape index (κ3) is 2.99. The van der Waals surface area contributed by atoms with Gasteiger partial charge in [0.15, 0.2) is 0 Å². The van der Waals surface area contributed by atoms with E-state index in [9.17, 15) is 0 Å². The Bertz CT molecular complexity index is 503. The van der Waals surface area contributed by atoms with Gasteiger partial charge in [-0.1, -0.05) is 29.3 Å². The molecule has 1 heterocycles. The minimum absolute atomic E-state index is 0.103. The quantitative estimate of drug-likeness (QED) is 0.926. The van der Waals surface area contributed by atoms with E-state index in [1.165, 1.54) is 11.3 Å². The van der Waals surface area contributed by atoms with Crippen LogP contribution in [-0.4, -0.2) is 11.0 Å². The van der Waals surface area contributed by atoms with Crippen molar-refractivity contribution in [1.82, 2.24) is 4.98 Å². The summed E-state index contributed by atoms with van der Waals surface area (Å²) in [4.78, 5) is 4.51. The van der Waals surface area contributed by atoms with Crippen molar-refractivity contribution in [2.45, 2.75) is 19.4 Å². The molecule has 0 saturated heterocycles. The van der Waals surface area contributed by atoms with Gasteiger partial charge in [-0.25, -0.2) is 4.98 Å². The molecular formula is C12H12Cl2N2S. The van der Waals surface area contributed by atoms with Crippen molar-refractivity contribution in [2.24, 2.45) is 5.73 Å². The molecule has 90 valence electrons. The topological polar surface area (TPSA) is 38.9 Å². The van der Waals surface area contributed by atoms with Crippen LogP contribution in [0.2, 0.25) is 10.0 Å². The van der Waals surface area contributed by atoms with Crippen LogP contribution in [0.5, 0.6) is 0 Å². The second-order valence-corrected chi connectivity index (χ2v) is 5.59. The van der Waals surface area contributed by atoms with Gasteiger partial charge < -0.3 is 5.73 Å². The van der Waals surface area contributed by atoms with Gasteiger partial charge >= 0.3 is 0 Å². The molecule has 1 aromatic heterocycles.